The Morgan fingerprint density at radius 2 is 1.90 bits per heavy atom. The fourth-order valence-corrected chi connectivity index (χ4v) is 3.65. The Labute approximate surface area is 133 Å². The summed E-state index contributed by atoms with van der Waals surface area (Å²) in [6, 6.07) is 9.43. The number of aliphatic hydroxyl groups is 1. The second kappa shape index (κ2) is 6.23. The molecule has 0 aliphatic heterocycles. The van der Waals surface area contributed by atoms with Crippen LogP contribution in [0.2, 0.25) is 10.0 Å². The zero-order chi connectivity index (χ0) is 15.6. The number of benzene rings is 2. The van der Waals surface area contributed by atoms with Crippen molar-refractivity contribution in [3.63, 3.8) is 0 Å². The average molecular weight is 346 g/mol. The van der Waals surface area contributed by atoms with Gasteiger partial charge in [0.25, 0.3) is 10.0 Å². The van der Waals surface area contributed by atoms with Crippen LogP contribution < -0.4 is 4.72 Å². The molecule has 0 aliphatic rings. The third-order valence-corrected chi connectivity index (χ3v) is 5.27. The van der Waals surface area contributed by atoms with Gasteiger partial charge < -0.3 is 5.11 Å². The SMILES string of the molecule is Cc1ccc(CO)cc1NS(=O)(=O)c1cccc(Cl)c1Cl. The minimum Gasteiger partial charge on any atom is -0.392 e. The number of anilines is 1. The minimum absolute atomic E-state index is 0.0253. The molecule has 0 radical (unpaired) electrons. The monoisotopic (exact) mass is 345 g/mol. The van der Waals surface area contributed by atoms with Crippen LogP contribution in [-0.2, 0) is 16.6 Å². The molecule has 4 nitrogen and oxygen atoms in total. The fourth-order valence-electron chi connectivity index (χ4n) is 1.77. The molecule has 7 heteroatoms. The van der Waals surface area contributed by atoms with Gasteiger partial charge in [-0.15, -0.1) is 0 Å². The van der Waals surface area contributed by atoms with Gasteiger partial charge in [0.2, 0.25) is 0 Å². The van der Waals surface area contributed by atoms with E-state index in [1.54, 1.807) is 25.1 Å². The van der Waals surface area contributed by atoms with Crippen molar-refractivity contribution in [2.24, 2.45) is 0 Å². The molecule has 21 heavy (non-hydrogen) atoms. The summed E-state index contributed by atoms with van der Waals surface area (Å²) in [7, 11) is -3.86. The third-order valence-electron chi connectivity index (χ3n) is 2.93. The molecule has 0 heterocycles. The average Bonchev–Trinajstić information content (AvgIpc) is 2.44. The van der Waals surface area contributed by atoms with Crippen molar-refractivity contribution in [1.82, 2.24) is 0 Å². The van der Waals surface area contributed by atoms with E-state index >= 15 is 0 Å². The molecule has 0 unspecified atom stereocenters. The van der Waals surface area contributed by atoms with E-state index < -0.39 is 10.0 Å². The third kappa shape index (κ3) is 3.49. The molecule has 0 spiro atoms. The topological polar surface area (TPSA) is 66.4 Å². The first-order valence-corrected chi connectivity index (χ1v) is 8.26. The summed E-state index contributed by atoms with van der Waals surface area (Å²) in [6.45, 7) is 1.59. The molecule has 2 N–H and O–H groups in total. The maximum atomic E-state index is 12.4. The summed E-state index contributed by atoms with van der Waals surface area (Å²) >= 11 is 11.8. The van der Waals surface area contributed by atoms with E-state index in [1.165, 1.54) is 18.2 Å². The Balaban J connectivity index is 2.45. The number of aliphatic hydroxyl groups excluding tert-OH is 1. The van der Waals surface area contributed by atoms with E-state index in [-0.39, 0.29) is 21.5 Å². The van der Waals surface area contributed by atoms with Crippen molar-refractivity contribution < 1.29 is 13.5 Å². The van der Waals surface area contributed by atoms with Crippen LogP contribution in [0.1, 0.15) is 11.1 Å². The molecule has 0 saturated heterocycles. The van der Waals surface area contributed by atoms with Crippen molar-refractivity contribution in [3.8, 4) is 0 Å². The van der Waals surface area contributed by atoms with Crippen LogP contribution in [-0.4, -0.2) is 13.5 Å². The van der Waals surface area contributed by atoms with Crippen LogP contribution in [0.15, 0.2) is 41.3 Å². The second-order valence-corrected chi connectivity index (χ2v) is 6.90. The summed E-state index contributed by atoms with van der Waals surface area (Å²) in [5.74, 6) is 0. The number of hydrogen-bond donors (Lipinski definition) is 2. The Morgan fingerprint density at radius 3 is 2.57 bits per heavy atom. The zero-order valence-corrected chi connectivity index (χ0v) is 13.4. The predicted octanol–water partition coefficient (Wildman–Crippen LogP) is 3.59. The highest BCUT2D eigenvalue weighted by Crippen LogP contribution is 2.30. The molecular weight excluding hydrogens is 333 g/mol. The van der Waals surface area contributed by atoms with Gasteiger partial charge >= 0.3 is 0 Å². The molecule has 2 aromatic carbocycles. The predicted molar refractivity (Wildman–Crippen MR) is 84.4 cm³/mol. The van der Waals surface area contributed by atoms with E-state index in [0.29, 0.717) is 11.3 Å². The van der Waals surface area contributed by atoms with Gasteiger partial charge in [-0.2, -0.15) is 0 Å². The van der Waals surface area contributed by atoms with Gasteiger partial charge in [-0.05, 0) is 36.2 Å². The molecule has 112 valence electrons. The Morgan fingerprint density at radius 1 is 1.19 bits per heavy atom. The Hall–Kier alpha value is -1.27. The van der Waals surface area contributed by atoms with E-state index in [1.807, 2.05) is 0 Å². The summed E-state index contributed by atoms with van der Waals surface area (Å²) in [5.41, 5.74) is 1.72. The first-order valence-electron chi connectivity index (χ1n) is 6.02. The lowest BCUT2D eigenvalue weighted by Crippen LogP contribution is -2.14. The number of sulfonamides is 1. The second-order valence-electron chi connectivity index (χ2n) is 4.46. The van der Waals surface area contributed by atoms with Gasteiger partial charge in [0.1, 0.15) is 4.90 Å². The lowest BCUT2D eigenvalue weighted by Gasteiger charge is -2.13. The molecule has 0 bridgehead atoms. The van der Waals surface area contributed by atoms with E-state index in [4.69, 9.17) is 28.3 Å². The van der Waals surface area contributed by atoms with Crippen molar-refractivity contribution in [1.29, 1.82) is 0 Å². The molecule has 0 fully saturated rings. The van der Waals surface area contributed by atoms with E-state index in [0.717, 1.165) is 5.56 Å². The molecule has 0 saturated carbocycles. The molecule has 0 amide bonds. The van der Waals surface area contributed by atoms with Gasteiger partial charge in [0.15, 0.2) is 0 Å². The first-order chi connectivity index (χ1) is 9.85. The lowest BCUT2D eigenvalue weighted by molar-refractivity contribution is 0.282. The van der Waals surface area contributed by atoms with Crippen molar-refractivity contribution in [3.05, 3.63) is 57.6 Å². The van der Waals surface area contributed by atoms with Gasteiger partial charge in [0, 0.05) is 0 Å². The molecule has 0 aliphatic carbocycles. The molecule has 0 aromatic heterocycles. The van der Waals surface area contributed by atoms with Gasteiger partial charge in [-0.25, -0.2) is 8.42 Å². The number of aryl methyl sites for hydroxylation is 1. The lowest BCUT2D eigenvalue weighted by atomic mass is 10.1. The van der Waals surface area contributed by atoms with Crippen molar-refractivity contribution in [2.45, 2.75) is 18.4 Å². The summed E-state index contributed by atoms with van der Waals surface area (Å²) in [4.78, 5) is -0.0922. The highest BCUT2D eigenvalue weighted by Gasteiger charge is 2.20. The highest BCUT2D eigenvalue weighted by atomic mass is 35.5. The van der Waals surface area contributed by atoms with E-state index in [2.05, 4.69) is 4.72 Å². The minimum atomic E-state index is -3.86. The van der Waals surface area contributed by atoms with Crippen molar-refractivity contribution >= 4 is 38.9 Å². The number of hydrogen-bond acceptors (Lipinski definition) is 3. The fraction of sp³-hybridized carbons (Fsp3) is 0.143. The Bertz CT molecular complexity index is 776. The van der Waals surface area contributed by atoms with Gasteiger partial charge in [-0.1, -0.05) is 41.4 Å². The van der Waals surface area contributed by atoms with Crippen molar-refractivity contribution in [2.75, 3.05) is 4.72 Å². The van der Waals surface area contributed by atoms with Crippen LogP contribution in [0.5, 0.6) is 0 Å². The number of rotatable bonds is 4. The largest absolute Gasteiger partial charge is 0.392 e. The highest BCUT2D eigenvalue weighted by molar-refractivity contribution is 7.92. The van der Waals surface area contributed by atoms with Gasteiger partial charge in [-0.3, -0.25) is 4.72 Å². The number of nitrogens with one attached hydrogen (secondary N) is 1. The summed E-state index contributed by atoms with van der Waals surface area (Å²) in [5, 5.41) is 9.27. The van der Waals surface area contributed by atoms with Crippen LogP contribution in [0.3, 0.4) is 0 Å². The normalized spacial score (nSPS) is 11.4. The first kappa shape index (κ1) is 16.1. The van der Waals surface area contributed by atoms with E-state index in [9.17, 15) is 8.42 Å². The summed E-state index contributed by atoms with van der Waals surface area (Å²) < 4.78 is 27.3. The van der Waals surface area contributed by atoms with Crippen LogP contribution in [0, 0.1) is 6.92 Å². The van der Waals surface area contributed by atoms with Crippen LogP contribution >= 0.6 is 23.2 Å². The molecule has 0 atom stereocenters. The maximum Gasteiger partial charge on any atom is 0.263 e. The van der Waals surface area contributed by atoms with Crippen LogP contribution in [0.4, 0.5) is 5.69 Å². The molecular formula is C14H13Cl2NO3S. The number of halogens is 2. The maximum absolute atomic E-state index is 12.4. The Kier molecular flexibility index (Phi) is 4.78. The summed E-state index contributed by atoms with van der Waals surface area (Å²) in [6.07, 6.45) is 0. The quantitative estimate of drug-likeness (QED) is 0.889. The molecule has 2 aromatic rings. The standard InChI is InChI=1S/C14H13Cl2NO3S/c1-9-5-6-10(8-18)7-12(9)17-21(19,20)13-4-2-3-11(15)14(13)16/h2-7,17-18H,8H2,1H3. The zero-order valence-electron chi connectivity index (χ0n) is 11.1. The smallest absolute Gasteiger partial charge is 0.263 e. The molecule has 2 rings (SSSR count). The van der Waals surface area contributed by atoms with Crippen LogP contribution in [0.25, 0.3) is 0 Å². The van der Waals surface area contributed by atoms with Gasteiger partial charge in [0.05, 0.1) is 22.3 Å².